The van der Waals surface area contributed by atoms with E-state index in [0.717, 1.165) is 6.42 Å². The molecule has 0 aromatic heterocycles. The highest BCUT2D eigenvalue weighted by Gasteiger charge is 2.28. The van der Waals surface area contributed by atoms with Gasteiger partial charge in [-0.25, -0.2) is 20.8 Å². The van der Waals surface area contributed by atoms with Gasteiger partial charge in [0.2, 0.25) is 0 Å². The molecular formula is C8H19N7O2+2. The number of nitrogens with one attached hydrogen (secondary N) is 1. The molecule has 0 aromatic rings. The lowest BCUT2D eigenvalue weighted by atomic mass is 10.3. The molecule has 0 saturated carbocycles. The first-order chi connectivity index (χ1) is 8.00. The van der Waals surface area contributed by atoms with Crippen molar-refractivity contribution in [1.82, 2.24) is 5.06 Å². The van der Waals surface area contributed by atoms with Crippen molar-refractivity contribution in [3.63, 3.8) is 0 Å². The van der Waals surface area contributed by atoms with Crippen LogP contribution in [0.25, 0.3) is 0 Å². The second-order valence-corrected chi connectivity index (χ2v) is 3.60. The molecule has 1 unspecified atom stereocenters. The van der Waals surface area contributed by atoms with Gasteiger partial charge in [-0.2, -0.15) is 0 Å². The van der Waals surface area contributed by atoms with E-state index in [9.17, 15) is 4.79 Å². The Kier molecular flexibility index (Phi) is 4.67. The average Bonchev–Trinajstić information content (AvgIpc) is 2.75. The van der Waals surface area contributed by atoms with Crippen LogP contribution in [0, 0.1) is 0 Å². The van der Waals surface area contributed by atoms with Gasteiger partial charge in [0.05, 0.1) is 13.2 Å². The first kappa shape index (κ1) is 13.2. The number of nitrogens with two attached hydrogens (primary N) is 3. The zero-order valence-electron chi connectivity index (χ0n) is 9.56. The van der Waals surface area contributed by atoms with Crippen molar-refractivity contribution >= 4 is 17.8 Å². The third kappa shape index (κ3) is 4.25. The Hall–Kier alpha value is -1.87. The van der Waals surface area contributed by atoms with Gasteiger partial charge in [-0.1, -0.05) is 0 Å². The minimum atomic E-state index is -0.765. The minimum Gasteiger partial charge on any atom is -0.370 e. The maximum atomic E-state index is 12.0. The third-order valence-electron chi connectivity index (χ3n) is 2.11. The lowest BCUT2D eigenvalue weighted by Crippen LogP contribution is -2.90. The number of carbonyl (C=O) groups excluding carboxylic acids is 1. The molecule has 96 valence electrons. The Morgan fingerprint density at radius 1 is 1.53 bits per heavy atom. The number of guanidine groups is 2. The molecule has 17 heavy (non-hydrogen) atoms. The zero-order valence-corrected chi connectivity index (χ0v) is 9.56. The van der Waals surface area contributed by atoms with E-state index < -0.39 is 6.04 Å². The molecule has 1 rings (SSSR count). The van der Waals surface area contributed by atoms with Gasteiger partial charge in [0.15, 0.2) is 12.0 Å². The van der Waals surface area contributed by atoms with Crippen LogP contribution < -0.4 is 27.9 Å². The largest absolute Gasteiger partial charge is 0.434 e. The maximum Gasteiger partial charge on any atom is 0.434 e. The van der Waals surface area contributed by atoms with Gasteiger partial charge in [-0.15, -0.1) is 0 Å². The maximum absolute atomic E-state index is 12.0. The van der Waals surface area contributed by atoms with E-state index in [-0.39, 0.29) is 24.4 Å². The summed E-state index contributed by atoms with van der Waals surface area (Å²) in [6.45, 7) is 1.24. The predicted octanol–water partition coefficient (Wildman–Crippen LogP) is -5.57. The standard InChI is InChI=1S/C8H17N7O2/c9-7(10)13-4-5(14-8(11)12)6(16)15-2-1-3-17-15/h5H,1-4H2,(H4,9,10,13)(H4,11,12,14)/p+2. The lowest BCUT2D eigenvalue weighted by molar-refractivity contribution is -0.504. The number of hydrogen-bond donors (Lipinski definition) is 5. The summed E-state index contributed by atoms with van der Waals surface area (Å²) in [4.78, 5) is 23.7. The van der Waals surface area contributed by atoms with Crippen molar-refractivity contribution in [1.29, 1.82) is 0 Å². The molecular weight excluding hydrogens is 226 g/mol. The van der Waals surface area contributed by atoms with Crippen molar-refractivity contribution in [2.75, 3.05) is 19.7 Å². The Labute approximate surface area is 98.4 Å². The quantitative estimate of drug-likeness (QED) is 0.246. The SMILES string of the molecule is NC(N)=NC(C[NH+]=C(N)[NH3+])C(=O)N1CCCO1. The fraction of sp³-hybridized carbons (Fsp3) is 0.625. The van der Waals surface area contributed by atoms with Crippen LogP contribution in [0.4, 0.5) is 0 Å². The number of hydrogen-bond acceptors (Lipinski definition) is 3. The van der Waals surface area contributed by atoms with Crippen LogP contribution in [0.3, 0.4) is 0 Å². The number of aliphatic imine (C=N–C) groups is 1. The monoisotopic (exact) mass is 245 g/mol. The van der Waals surface area contributed by atoms with E-state index in [1.807, 2.05) is 0 Å². The third-order valence-corrected chi connectivity index (χ3v) is 2.11. The molecule has 9 heteroatoms. The number of quaternary nitrogens is 1. The van der Waals surface area contributed by atoms with E-state index in [2.05, 4.69) is 15.7 Å². The molecule has 1 aliphatic rings. The van der Waals surface area contributed by atoms with Crippen LogP contribution in [0.15, 0.2) is 4.99 Å². The molecule has 0 aliphatic carbocycles. The Morgan fingerprint density at radius 3 is 2.71 bits per heavy atom. The van der Waals surface area contributed by atoms with Gasteiger partial charge < -0.3 is 11.5 Å². The summed E-state index contributed by atoms with van der Waals surface area (Å²) in [6, 6.07) is -0.765. The summed E-state index contributed by atoms with van der Waals surface area (Å²) in [5.74, 6) is -0.215. The summed E-state index contributed by atoms with van der Waals surface area (Å²) < 4.78 is 0. The molecule has 9 nitrogen and oxygen atoms in total. The fourth-order valence-electron chi connectivity index (χ4n) is 1.38. The second-order valence-electron chi connectivity index (χ2n) is 3.60. The van der Waals surface area contributed by atoms with Crippen LogP contribution >= 0.6 is 0 Å². The Balaban J connectivity index is 2.71. The Bertz CT molecular complexity index is 327. The molecule has 1 fully saturated rings. The van der Waals surface area contributed by atoms with Crippen LogP contribution in [0.2, 0.25) is 0 Å². The molecule has 0 aromatic carbocycles. The van der Waals surface area contributed by atoms with Crippen molar-refractivity contribution in [2.45, 2.75) is 12.5 Å². The summed E-state index contributed by atoms with van der Waals surface area (Å²) in [5, 5.41) is 1.26. The number of rotatable bonds is 4. The highest BCUT2D eigenvalue weighted by atomic mass is 16.7. The molecule has 1 amide bonds. The minimum absolute atomic E-state index is 0.160. The number of nitrogens with zero attached hydrogens (tertiary/aromatic N) is 2. The van der Waals surface area contributed by atoms with E-state index in [0.29, 0.717) is 13.2 Å². The van der Waals surface area contributed by atoms with Gasteiger partial charge in [-0.3, -0.25) is 15.4 Å². The average molecular weight is 245 g/mol. The highest BCUT2D eigenvalue weighted by Crippen LogP contribution is 2.07. The summed E-state index contributed by atoms with van der Waals surface area (Å²) in [5.41, 5.74) is 19.4. The fourth-order valence-corrected chi connectivity index (χ4v) is 1.38. The van der Waals surface area contributed by atoms with Crippen LogP contribution in [-0.2, 0) is 9.63 Å². The van der Waals surface area contributed by atoms with Gasteiger partial charge >= 0.3 is 5.96 Å². The second kappa shape index (κ2) is 6.01. The molecule has 1 aliphatic heterocycles. The van der Waals surface area contributed by atoms with Crippen molar-refractivity contribution in [3.05, 3.63) is 0 Å². The van der Waals surface area contributed by atoms with Gasteiger partial charge in [-0.05, 0) is 6.42 Å². The van der Waals surface area contributed by atoms with Crippen molar-refractivity contribution < 1.29 is 20.4 Å². The number of amides is 1. The van der Waals surface area contributed by atoms with E-state index in [4.69, 9.17) is 22.0 Å². The highest BCUT2D eigenvalue weighted by molar-refractivity contribution is 5.85. The zero-order chi connectivity index (χ0) is 12.8. The van der Waals surface area contributed by atoms with Gasteiger partial charge in [0.25, 0.3) is 5.91 Å². The molecule has 10 N–H and O–H groups in total. The number of carbonyl (C=O) groups is 1. The molecule has 1 saturated heterocycles. The van der Waals surface area contributed by atoms with E-state index in [1.165, 1.54) is 5.06 Å². The molecule has 1 heterocycles. The summed E-state index contributed by atoms with van der Waals surface area (Å²) in [6.07, 6.45) is 0.803. The van der Waals surface area contributed by atoms with Crippen molar-refractivity contribution in [3.8, 4) is 0 Å². The van der Waals surface area contributed by atoms with Gasteiger partial charge in [0.1, 0.15) is 6.54 Å². The lowest BCUT2D eigenvalue weighted by Gasteiger charge is -2.17. The number of hydroxylamine groups is 2. The first-order valence-electron chi connectivity index (χ1n) is 5.22. The molecule has 0 radical (unpaired) electrons. The summed E-state index contributed by atoms with van der Waals surface area (Å²) in [7, 11) is 0. The van der Waals surface area contributed by atoms with Crippen LogP contribution in [0.5, 0.6) is 0 Å². The molecule has 0 spiro atoms. The van der Waals surface area contributed by atoms with E-state index in [1.54, 1.807) is 0 Å². The van der Waals surface area contributed by atoms with Crippen LogP contribution in [0.1, 0.15) is 6.42 Å². The van der Waals surface area contributed by atoms with E-state index >= 15 is 0 Å². The van der Waals surface area contributed by atoms with Gasteiger partial charge in [0, 0.05) is 0 Å². The Morgan fingerprint density at radius 2 is 2.24 bits per heavy atom. The summed E-state index contributed by atoms with van der Waals surface area (Å²) >= 11 is 0. The predicted molar refractivity (Wildman–Crippen MR) is 59.8 cm³/mol. The first-order valence-corrected chi connectivity index (χ1v) is 5.22. The topological polar surface area (TPSA) is 162 Å². The van der Waals surface area contributed by atoms with Crippen LogP contribution in [-0.4, -0.2) is 48.6 Å². The molecule has 1 atom stereocenters. The smallest absolute Gasteiger partial charge is 0.370 e. The normalized spacial score (nSPS) is 17.9. The molecule has 0 bridgehead atoms. The van der Waals surface area contributed by atoms with Crippen molar-refractivity contribution in [2.24, 2.45) is 22.2 Å².